The minimum Gasteiger partial charge on any atom is -0.385 e. The maximum absolute atomic E-state index is 13.0. The summed E-state index contributed by atoms with van der Waals surface area (Å²) >= 11 is 0. The molecule has 1 fully saturated rings. The van der Waals surface area contributed by atoms with Gasteiger partial charge in [0.1, 0.15) is 0 Å². The molecule has 5 heteroatoms. The summed E-state index contributed by atoms with van der Waals surface area (Å²) in [5.41, 5.74) is -2.45. The molecule has 1 unspecified atom stereocenters. The van der Waals surface area contributed by atoms with Gasteiger partial charge in [-0.1, -0.05) is 13.8 Å². The summed E-state index contributed by atoms with van der Waals surface area (Å²) in [7, 11) is 0. The molecular weight excluding hydrogens is 255 g/mol. The van der Waals surface area contributed by atoms with Crippen LogP contribution in [0.1, 0.15) is 50.7 Å². The molecule has 0 aliphatic heterocycles. The molecule has 0 bridgehead atoms. The number of pyridine rings is 1. The van der Waals surface area contributed by atoms with E-state index in [2.05, 4.69) is 4.98 Å². The van der Waals surface area contributed by atoms with Crippen LogP contribution >= 0.6 is 0 Å². The highest BCUT2D eigenvalue weighted by molar-refractivity contribution is 5.32. The lowest BCUT2D eigenvalue weighted by Gasteiger charge is -2.42. The number of hydrogen-bond acceptors (Lipinski definition) is 2. The first-order chi connectivity index (χ1) is 8.64. The number of nitrogens with zero attached hydrogens (tertiary/aromatic N) is 1. The molecule has 0 aromatic carbocycles. The summed E-state index contributed by atoms with van der Waals surface area (Å²) in [5.74, 6) is 0. The molecule has 1 aromatic heterocycles. The van der Waals surface area contributed by atoms with Crippen LogP contribution < -0.4 is 0 Å². The molecule has 0 saturated heterocycles. The zero-order valence-electron chi connectivity index (χ0n) is 11.1. The van der Waals surface area contributed by atoms with Crippen LogP contribution in [-0.4, -0.2) is 10.1 Å². The molecule has 0 spiro atoms. The van der Waals surface area contributed by atoms with Crippen LogP contribution in [0.25, 0.3) is 0 Å². The predicted molar refractivity (Wildman–Crippen MR) is 65.4 cm³/mol. The normalized spacial score (nSPS) is 27.3. The minimum atomic E-state index is -4.46. The van der Waals surface area contributed by atoms with Gasteiger partial charge in [-0.3, -0.25) is 4.98 Å². The Balaban J connectivity index is 2.46. The molecule has 1 heterocycles. The van der Waals surface area contributed by atoms with Crippen LogP contribution in [0.2, 0.25) is 0 Å². The lowest BCUT2D eigenvalue weighted by atomic mass is 9.67. The van der Waals surface area contributed by atoms with E-state index in [0.717, 1.165) is 31.3 Å². The van der Waals surface area contributed by atoms with Gasteiger partial charge in [-0.05, 0) is 37.2 Å². The Morgan fingerprint density at radius 3 is 2.53 bits per heavy atom. The van der Waals surface area contributed by atoms with E-state index >= 15 is 0 Å². The van der Waals surface area contributed by atoms with Crippen molar-refractivity contribution in [1.29, 1.82) is 0 Å². The Morgan fingerprint density at radius 2 is 1.95 bits per heavy atom. The average molecular weight is 273 g/mol. The van der Waals surface area contributed by atoms with E-state index in [-0.39, 0.29) is 11.0 Å². The Labute approximate surface area is 110 Å². The van der Waals surface area contributed by atoms with Crippen LogP contribution in [-0.2, 0) is 11.8 Å². The zero-order chi connectivity index (χ0) is 14.3. The highest BCUT2D eigenvalue weighted by Crippen LogP contribution is 2.48. The quantitative estimate of drug-likeness (QED) is 0.842. The first-order valence-corrected chi connectivity index (χ1v) is 6.38. The molecule has 1 atom stereocenters. The molecule has 1 aromatic rings. The van der Waals surface area contributed by atoms with Crippen molar-refractivity contribution in [3.63, 3.8) is 0 Å². The average Bonchev–Trinajstić information content (AvgIpc) is 2.26. The number of halogens is 3. The largest absolute Gasteiger partial charge is 0.416 e. The van der Waals surface area contributed by atoms with Crippen LogP contribution in [0.15, 0.2) is 18.5 Å². The number of aliphatic hydroxyl groups is 1. The Hall–Kier alpha value is -1.10. The standard InChI is InChI=1S/C14H18F3NO/c1-12(2)5-3-6-13(19,9-12)11-8-18-7-4-10(11)14(15,16)17/h4,7-8,19H,3,5-6,9H2,1-2H3. The van der Waals surface area contributed by atoms with Gasteiger partial charge in [0.25, 0.3) is 0 Å². The lowest BCUT2D eigenvalue weighted by Crippen LogP contribution is -2.38. The van der Waals surface area contributed by atoms with Crippen molar-refractivity contribution in [2.45, 2.75) is 51.3 Å². The van der Waals surface area contributed by atoms with Gasteiger partial charge >= 0.3 is 6.18 Å². The first-order valence-electron chi connectivity index (χ1n) is 6.38. The molecule has 19 heavy (non-hydrogen) atoms. The molecule has 1 aliphatic carbocycles. The van der Waals surface area contributed by atoms with Crippen molar-refractivity contribution >= 4 is 0 Å². The molecule has 1 N–H and O–H groups in total. The van der Waals surface area contributed by atoms with E-state index in [4.69, 9.17) is 0 Å². The van der Waals surface area contributed by atoms with E-state index in [1.54, 1.807) is 0 Å². The SMILES string of the molecule is CC1(C)CCCC(O)(c2cnccc2C(F)(F)F)C1. The van der Waals surface area contributed by atoms with Gasteiger partial charge in [-0.2, -0.15) is 13.2 Å². The predicted octanol–water partition coefficient (Wildman–Crippen LogP) is 3.89. The third-order valence-electron chi connectivity index (χ3n) is 3.84. The summed E-state index contributed by atoms with van der Waals surface area (Å²) in [6.07, 6.45) is 0.121. The minimum absolute atomic E-state index is 0.0877. The molecule has 0 radical (unpaired) electrons. The molecule has 1 aliphatic rings. The van der Waals surface area contributed by atoms with E-state index in [9.17, 15) is 18.3 Å². The van der Waals surface area contributed by atoms with E-state index in [0.29, 0.717) is 12.8 Å². The fourth-order valence-electron chi connectivity index (χ4n) is 3.07. The van der Waals surface area contributed by atoms with Gasteiger partial charge in [0.05, 0.1) is 11.2 Å². The highest BCUT2D eigenvalue weighted by Gasteiger charge is 2.45. The number of rotatable bonds is 1. The monoisotopic (exact) mass is 273 g/mol. The summed E-state index contributed by atoms with van der Waals surface area (Å²) in [4.78, 5) is 3.77. The van der Waals surface area contributed by atoms with Gasteiger partial charge in [0, 0.05) is 18.0 Å². The molecule has 106 valence electrons. The van der Waals surface area contributed by atoms with Crippen molar-refractivity contribution in [1.82, 2.24) is 4.98 Å². The van der Waals surface area contributed by atoms with Crippen LogP contribution in [0.4, 0.5) is 13.2 Å². The second kappa shape index (κ2) is 4.47. The van der Waals surface area contributed by atoms with Gasteiger partial charge < -0.3 is 5.11 Å². The van der Waals surface area contributed by atoms with Crippen molar-refractivity contribution in [3.05, 3.63) is 29.6 Å². The second-order valence-electron chi connectivity index (χ2n) is 6.15. The van der Waals surface area contributed by atoms with Crippen molar-refractivity contribution in [2.75, 3.05) is 0 Å². The Morgan fingerprint density at radius 1 is 1.26 bits per heavy atom. The molecule has 1 saturated carbocycles. The van der Waals surface area contributed by atoms with Crippen LogP contribution in [0.5, 0.6) is 0 Å². The number of aromatic nitrogens is 1. The number of alkyl halides is 3. The van der Waals surface area contributed by atoms with Crippen LogP contribution in [0.3, 0.4) is 0 Å². The van der Waals surface area contributed by atoms with E-state index in [1.807, 2.05) is 13.8 Å². The Kier molecular flexibility index (Phi) is 3.37. The fourth-order valence-corrected chi connectivity index (χ4v) is 3.07. The maximum atomic E-state index is 13.0. The fraction of sp³-hybridized carbons (Fsp3) is 0.643. The Bertz CT molecular complexity index is 470. The van der Waals surface area contributed by atoms with Crippen molar-refractivity contribution in [3.8, 4) is 0 Å². The first kappa shape index (κ1) is 14.3. The highest BCUT2D eigenvalue weighted by atomic mass is 19.4. The summed E-state index contributed by atoms with van der Waals surface area (Å²) in [6.45, 7) is 3.95. The second-order valence-corrected chi connectivity index (χ2v) is 6.15. The van der Waals surface area contributed by atoms with Gasteiger partial charge in [0.15, 0.2) is 0 Å². The van der Waals surface area contributed by atoms with Gasteiger partial charge in [-0.25, -0.2) is 0 Å². The van der Waals surface area contributed by atoms with Gasteiger partial charge in [0.2, 0.25) is 0 Å². The third-order valence-corrected chi connectivity index (χ3v) is 3.84. The van der Waals surface area contributed by atoms with Gasteiger partial charge in [-0.15, -0.1) is 0 Å². The summed E-state index contributed by atoms with van der Waals surface area (Å²) < 4.78 is 39.1. The zero-order valence-corrected chi connectivity index (χ0v) is 11.1. The number of hydrogen-bond donors (Lipinski definition) is 1. The molecule has 2 nitrogen and oxygen atoms in total. The molecule has 2 rings (SSSR count). The summed E-state index contributed by atoms with van der Waals surface area (Å²) in [6, 6.07) is 0.939. The maximum Gasteiger partial charge on any atom is 0.416 e. The topological polar surface area (TPSA) is 33.1 Å². The van der Waals surface area contributed by atoms with Crippen molar-refractivity contribution in [2.24, 2.45) is 5.41 Å². The van der Waals surface area contributed by atoms with Crippen molar-refractivity contribution < 1.29 is 18.3 Å². The third kappa shape index (κ3) is 2.91. The molecule has 0 amide bonds. The van der Waals surface area contributed by atoms with E-state index < -0.39 is 17.3 Å². The summed E-state index contributed by atoms with van der Waals surface area (Å²) in [5, 5.41) is 10.7. The lowest BCUT2D eigenvalue weighted by molar-refractivity contribution is -0.142. The smallest absolute Gasteiger partial charge is 0.385 e. The van der Waals surface area contributed by atoms with Crippen LogP contribution in [0, 0.1) is 5.41 Å². The molecular formula is C14H18F3NO. The van der Waals surface area contributed by atoms with E-state index in [1.165, 1.54) is 0 Å².